The van der Waals surface area contributed by atoms with Crippen molar-refractivity contribution in [2.45, 2.75) is 89.3 Å². The maximum Gasteiger partial charge on any atom is 0.133 e. The van der Waals surface area contributed by atoms with E-state index in [1.807, 2.05) is 13.8 Å². The highest BCUT2D eigenvalue weighted by Crippen LogP contribution is 2.38. The number of aliphatic hydroxyl groups is 1. The second-order valence-electron chi connectivity index (χ2n) is 12.2. The summed E-state index contributed by atoms with van der Waals surface area (Å²) in [5, 5.41) is 14.2. The van der Waals surface area contributed by atoms with E-state index in [2.05, 4.69) is 22.9 Å². The van der Waals surface area contributed by atoms with E-state index < -0.39 is 11.6 Å². The van der Waals surface area contributed by atoms with Crippen molar-refractivity contribution in [2.24, 2.45) is 0 Å². The molecule has 0 spiro atoms. The summed E-state index contributed by atoms with van der Waals surface area (Å²) in [5.41, 5.74) is 4.28. The lowest BCUT2D eigenvalue weighted by molar-refractivity contribution is -0.120. The number of hydrogen-bond donors (Lipinski definition) is 2. The maximum absolute atomic E-state index is 14.8. The van der Waals surface area contributed by atoms with Crippen molar-refractivity contribution < 1.29 is 28.4 Å². The van der Waals surface area contributed by atoms with Gasteiger partial charge >= 0.3 is 0 Å². The van der Waals surface area contributed by atoms with Gasteiger partial charge in [0.05, 0.1) is 37.6 Å². The standard InChI is InChI=1S/C33H46FN3O5/c1-21(38)31(28-16-23(34)15-22-20-42-30(18-27(22)28)33(2,3)40-5)37-13-11-25(19-37)41-14-7-6-9-24-17-29(39-4)26-10-8-12-35-32(26)36-24/h15-17,25,30-31,38H,1,6-14,18-20H2,2-5H3,(H,35,36)/t25-,30?,31-/m1/s1. The molecule has 8 nitrogen and oxygen atoms in total. The fourth-order valence-corrected chi connectivity index (χ4v) is 6.49. The number of pyridine rings is 1. The van der Waals surface area contributed by atoms with Crippen molar-refractivity contribution in [2.75, 3.05) is 45.8 Å². The first-order valence-corrected chi connectivity index (χ1v) is 15.2. The third kappa shape index (κ3) is 6.75. The average molecular weight is 584 g/mol. The Bertz CT molecular complexity index is 1250. The number of nitrogens with one attached hydrogen (secondary N) is 1. The highest BCUT2D eigenvalue weighted by atomic mass is 19.1. The zero-order chi connectivity index (χ0) is 29.9. The summed E-state index contributed by atoms with van der Waals surface area (Å²) in [5.74, 6) is 1.56. The van der Waals surface area contributed by atoms with Crippen LogP contribution in [0.4, 0.5) is 10.2 Å². The van der Waals surface area contributed by atoms with E-state index in [4.69, 9.17) is 23.9 Å². The van der Waals surface area contributed by atoms with Crippen LogP contribution in [0.3, 0.4) is 0 Å². The minimum absolute atomic E-state index is 0.0139. The Kier molecular flexibility index (Phi) is 9.72. The van der Waals surface area contributed by atoms with Crippen molar-refractivity contribution in [3.8, 4) is 5.75 Å². The van der Waals surface area contributed by atoms with Gasteiger partial charge < -0.3 is 29.4 Å². The molecule has 0 amide bonds. The Hall–Kier alpha value is -2.72. The Morgan fingerprint density at radius 1 is 1.26 bits per heavy atom. The number of anilines is 1. The zero-order valence-corrected chi connectivity index (χ0v) is 25.5. The first-order chi connectivity index (χ1) is 20.2. The lowest BCUT2D eigenvalue weighted by atomic mass is 9.85. The lowest BCUT2D eigenvalue weighted by Gasteiger charge is -2.38. The molecule has 0 radical (unpaired) electrons. The molecule has 1 saturated heterocycles. The molecule has 42 heavy (non-hydrogen) atoms. The first-order valence-electron chi connectivity index (χ1n) is 15.2. The van der Waals surface area contributed by atoms with Crippen LogP contribution in [0.1, 0.15) is 73.5 Å². The fourth-order valence-electron chi connectivity index (χ4n) is 6.49. The molecule has 3 atom stereocenters. The van der Waals surface area contributed by atoms with Gasteiger partial charge in [-0.25, -0.2) is 9.37 Å². The minimum atomic E-state index is -0.508. The van der Waals surface area contributed by atoms with Crippen LogP contribution in [0.25, 0.3) is 0 Å². The van der Waals surface area contributed by atoms with E-state index in [9.17, 15) is 9.50 Å². The number of halogens is 1. The molecule has 0 saturated carbocycles. The normalized spacial score (nSPS) is 21.4. The summed E-state index contributed by atoms with van der Waals surface area (Å²) >= 11 is 0. The van der Waals surface area contributed by atoms with Crippen LogP contribution in [-0.2, 0) is 40.1 Å². The van der Waals surface area contributed by atoms with Crippen LogP contribution in [0, 0.1) is 5.82 Å². The van der Waals surface area contributed by atoms with Crippen molar-refractivity contribution in [1.82, 2.24) is 9.88 Å². The molecule has 1 fully saturated rings. The predicted molar refractivity (Wildman–Crippen MR) is 161 cm³/mol. The number of aryl methyl sites for hydroxylation is 1. The van der Waals surface area contributed by atoms with Crippen LogP contribution in [0.2, 0.25) is 0 Å². The first kappa shape index (κ1) is 30.7. The number of unbranched alkanes of at least 4 members (excludes halogenated alkanes) is 1. The number of ether oxygens (including phenoxy) is 4. The summed E-state index contributed by atoms with van der Waals surface area (Å²) in [6.07, 6.45) is 6.14. The Labute approximate surface area is 249 Å². The van der Waals surface area contributed by atoms with Crippen LogP contribution in [0.15, 0.2) is 30.5 Å². The van der Waals surface area contributed by atoms with Gasteiger partial charge in [-0.15, -0.1) is 0 Å². The van der Waals surface area contributed by atoms with Gasteiger partial charge in [0.2, 0.25) is 0 Å². The summed E-state index contributed by atoms with van der Waals surface area (Å²) in [6.45, 7) is 11.2. The molecule has 3 aliphatic rings. The number of likely N-dealkylation sites (tertiary alicyclic amines) is 1. The van der Waals surface area contributed by atoms with E-state index in [1.165, 1.54) is 11.6 Å². The van der Waals surface area contributed by atoms with Gasteiger partial charge in [0, 0.05) is 57.1 Å². The number of rotatable bonds is 12. The smallest absolute Gasteiger partial charge is 0.133 e. The number of aliphatic hydroxyl groups excluding tert-OH is 1. The number of fused-ring (bicyclic) bond motifs is 2. The molecule has 4 heterocycles. The van der Waals surface area contributed by atoms with Crippen LogP contribution >= 0.6 is 0 Å². The number of hydrogen-bond acceptors (Lipinski definition) is 8. The number of methoxy groups -OCH3 is 2. The number of benzene rings is 1. The van der Waals surface area contributed by atoms with Gasteiger partial charge in [-0.3, -0.25) is 4.90 Å². The molecule has 2 N–H and O–H groups in total. The largest absolute Gasteiger partial charge is 0.511 e. The molecule has 230 valence electrons. The summed E-state index contributed by atoms with van der Waals surface area (Å²) < 4.78 is 38.4. The van der Waals surface area contributed by atoms with Crippen LogP contribution < -0.4 is 10.1 Å². The summed E-state index contributed by atoms with van der Waals surface area (Å²) in [4.78, 5) is 6.98. The van der Waals surface area contributed by atoms with Crippen molar-refractivity contribution in [3.63, 3.8) is 0 Å². The van der Waals surface area contributed by atoms with Gasteiger partial charge in [-0.1, -0.05) is 6.58 Å². The van der Waals surface area contributed by atoms with Gasteiger partial charge in [0.25, 0.3) is 0 Å². The maximum atomic E-state index is 14.8. The van der Waals surface area contributed by atoms with Crippen molar-refractivity contribution in [1.29, 1.82) is 0 Å². The second kappa shape index (κ2) is 13.3. The van der Waals surface area contributed by atoms with E-state index in [0.29, 0.717) is 26.2 Å². The van der Waals surface area contributed by atoms with Gasteiger partial charge in [-0.05, 0) is 81.2 Å². The third-order valence-electron chi connectivity index (χ3n) is 9.06. The monoisotopic (exact) mass is 583 g/mol. The van der Waals surface area contributed by atoms with Crippen LogP contribution in [-0.4, -0.2) is 73.3 Å². The molecule has 3 aliphatic heterocycles. The van der Waals surface area contributed by atoms with Crippen molar-refractivity contribution >= 4 is 5.82 Å². The Balaban J connectivity index is 1.17. The molecule has 1 unspecified atom stereocenters. The molecule has 9 heteroatoms. The molecule has 1 aromatic carbocycles. The molecule has 5 rings (SSSR count). The van der Waals surface area contributed by atoms with Gasteiger partial charge in [-0.2, -0.15) is 0 Å². The van der Waals surface area contributed by atoms with E-state index in [1.54, 1.807) is 20.3 Å². The zero-order valence-electron chi connectivity index (χ0n) is 25.5. The second-order valence-corrected chi connectivity index (χ2v) is 12.2. The highest BCUT2D eigenvalue weighted by molar-refractivity contribution is 5.54. The highest BCUT2D eigenvalue weighted by Gasteiger charge is 2.38. The molecule has 0 aliphatic carbocycles. The quantitative estimate of drug-likeness (QED) is 0.244. The van der Waals surface area contributed by atoms with Gasteiger partial charge in [0.1, 0.15) is 23.1 Å². The van der Waals surface area contributed by atoms with E-state index >= 15 is 0 Å². The predicted octanol–water partition coefficient (Wildman–Crippen LogP) is 5.68. The molecular weight excluding hydrogens is 537 g/mol. The molecule has 0 bridgehead atoms. The lowest BCUT2D eigenvalue weighted by Crippen LogP contribution is -2.44. The Morgan fingerprint density at radius 2 is 2.10 bits per heavy atom. The summed E-state index contributed by atoms with van der Waals surface area (Å²) in [7, 11) is 3.40. The molecule has 2 aromatic rings. The fraction of sp³-hybridized carbons (Fsp3) is 0.606. The van der Waals surface area contributed by atoms with Gasteiger partial charge in [0.15, 0.2) is 0 Å². The Morgan fingerprint density at radius 3 is 2.86 bits per heavy atom. The minimum Gasteiger partial charge on any atom is -0.511 e. The van der Waals surface area contributed by atoms with E-state index in [-0.39, 0.29) is 23.8 Å². The average Bonchev–Trinajstić information content (AvgIpc) is 3.44. The summed E-state index contributed by atoms with van der Waals surface area (Å²) in [6, 6.07) is 4.64. The number of nitrogens with zero attached hydrogens (tertiary/aromatic N) is 2. The van der Waals surface area contributed by atoms with Crippen LogP contribution in [0.5, 0.6) is 5.75 Å². The third-order valence-corrected chi connectivity index (χ3v) is 9.06. The number of aromatic nitrogens is 1. The SMILES string of the molecule is C=C(O)[C@H](c1cc(F)cc2c1CC(C(C)(C)OC)OC2)N1CC[C@@H](OCCCCc2cc(OC)c3c(n2)NCCC3)C1. The molecule has 1 aromatic heterocycles. The topological polar surface area (TPSA) is 85.3 Å². The van der Waals surface area contributed by atoms with E-state index in [0.717, 1.165) is 85.6 Å². The van der Waals surface area contributed by atoms with Crippen molar-refractivity contribution in [3.05, 3.63) is 64.3 Å². The molecular formula is C33H46FN3O5.